The first kappa shape index (κ1) is 9.72. The highest BCUT2D eigenvalue weighted by atomic mass is 14.0. The van der Waals surface area contributed by atoms with Gasteiger partial charge in [0.1, 0.15) is 0 Å². The number of fused-ring (bicyclic) bond motifs is 1. The Morgan fingerprint density at radius 3 is 2.47 bits per heavy atom. The predicted octanol–water partition coefficient (Wildman–Crippen LogP) is 4.43. The highest BCUT2D eigenvalue weighted by Gasteiger charge is 1.97. The molecule has 0 unspecified atom stereocenters. The average Bonchev–Trinajstić information content (AvgIpc) is 2.30. The third-order valence-corrected chi connectivity index (χ3v) is 2.61. The van der Waals surface area contributed by atoms with Crippen molar-refractivity contribution in [2.45, 2.75) is 6.92 Å². The number of hydrogen-bond donors (Lipinski definition) is 0. The Balaban J connectivity index is 2.61. The minimum Gasteiger partial charge on any atom is -0.0985 e. The molecule has 0 spiro atoms. The highest BCUT2D eigenvalue weighted by Crippen LogP contribution is 2.21. The summed E-state index contributed by atoms with van der Waals surface area (Å²) >= 11 is 0. The van der Waals surface area contributed by atoms with Crippen LogP contribution in [0, 0.1) is 0 Å². The van der Waals surface area contributed by atoms with Crippen molar-refractivity contribution in [1.29, 1.82) is 0 Å². The predicted molar refractivity (Wildman–Crippen MR) is 67.8 cm³/mol. The molecule has 0 heterocycles. The molecular weight excluding hydrogens is 180 g/mol. The Hall–Kier alpha value is -1.82. The van der Waals surface area contributed by atoms with Crippen LogP contribution in [0.1, 0.15) is 12.5 Å². The lowest BCUT2D eigenvalue weighted by atomic mass is 10.0. The second kappa shape index (κ2) is 4.14. The molecule has 0 aliphatic carbocycles. The van der Waals surface area contributed by atoms with Crippen LogP contribution in [-0.2, 0) is 0 Å². The van der Waals surface area contributed by atoms with Gasteiger partial charge in [-0.3, -0.25) is 0 Å². The zero-order chi connectivity index (χ0) is 10.7. The number of benzene rings is 2. The van der Waals surface area contributed by atoms with E-state index in [0.717, 1.165) is 0 Å². The second-order valence-corrected chi connectivity index (χ2v) is 3.51. The molecule has 0 amide bonds. The van der Waals surface area contributed by atoms with E-state index in [4.69, 9.17) is 0 Å². The summed E-state index contributed by atoms with van der Waals surface area (Å²) < 4.78 is 0. The van der Waals surface area contributed by atoms with Crippen molar-refractivity contribution < 1.29 is 0 Å². The monoisotopic (exact) mass is 194 g/mol. The van der Waals surface area contributed by atoms with E-state index in [1.165, 1.54) is 21.9 Å². The van der Waals surface area contributed by atoms with Crippen molar-refractivity contribution in [2.24, 2.45) is 0 Å². The summed E-state index contributed by atoms with van der Waals surface area (Å²) in [4.78, 5) is 0. The molecule has 15 heavy (non-hydrogen) atoms. The summed E-state index contributed by atoms with van der Waals surface area (Å²) in [7, 11) is 0. The van der Waals surface area contributed by atoms with Gasteiger partial charge < -0.3 is 0 Å². The molecule has 2 rings (SSSR count). The molecule has 0 saturated heterocycles. The van der Waals surface area contributed by atoms with Gasteiger partial charge in [-0.15, -0.1) is 0 Å². The summed E-state index contributed by atoms with van der Waals surface area (Å²) in [5.74, 6) is 0. The summed E-state index contributed by atoms with van der Waals surface area (Å²) in [5.41, 5.74) is 2.41. The number of hydrogen-bond acceptors (Lipinski definition) is 0. The van der Waals surface area contributed by atoms with E-state index in [-0.39, 0.29) is 0 Å². The molecule has 2 aromatic carbocycles. The third kappa shape index (κ3) is 1.84. The van der Waals surface area contributed by atoms with E-state index in [9.17, 15) is 0 Å². The average molecular weight is 194 g/mol. The van der Waals surface area contributed by atoms with Gasteiger partial charge in [0, 0.05) is 0 Å². The fourth-order valence-electron chi connectivity index (χ4n) is 1.77. The van der Waals surface area contributed by atoms with Crippen molar-refractivity contribution in [1.82, 2.24) is 0 Å². The largest absolute Gasteiger partial charge is 0.0985 e. The van der Waals surface area contributed by atoms with Gasteiger partial charge >= 0.3 is 0 Å². The van der Waals surface area contributed by atoms with Crippen molar-refractivity contribution in [3.63, 3.8) is 0 Å². The van der Waals surface area contributed by atoms with Crippen molar-refractivity contribution in [3.8, 4) is 0 Å². The molecule has 0 N–H and O–H groups in total. The molecule has 2 aromatic rings. The van der Waals surface area contributed by atoms with Crippen LogP contribution in [0.15, 0.2) is 61.2 Å². The van der Waals surface area contributed by atoms with Crippen LogP contribution in [0.25, 0.3) is 16.3 Å². The van der Waals surface area contributed by atoms with Gasteiger partial charge in [0.15, 0.2) is 0 Å². The van der Waals surface area contributed by atoms with Crippen LogP contribution in [-0.4, -0.2) is 0 Å². The first-order valence-electron chi connectivity index (χ1n) is 5.13. The lowest BCUT2D eigenvalue weighted by Crippen LogP contribution is -1.80. The Morgan fingerprint density at radius 2 is 1.80 bits per heavy atom. The first-order chi connectivity index (χ1) is 7.35. The molecule has 0 aliphatic rings. The Labute approximate surface area is 90.6 Å². The van der Waals surface area contributed by atoms with E-state index >= 15 is 0 Å². The molecule has 0 bridgehead atoms. The van der Waals surface area contributed by atoms with Gasteiger partial charge in [-0.25, -0.2) is 0 Å². The van der Waals surface area contributed by atoms with Gasteiger partial charge in [0.2, 0.25) is 0 Å². The summed E-state index contributed by atoms with van der Waals surface area (Å²) in [6.45, 7) is 5.85. The maximum Gasteiger partial charge on any atom is -0.0178 e. The van der Waals surface area contributed by atoms with Gasteiger partial charge in [-0.1, -0.05) is 55.1 Å². The molecular formula is C15H14. The lowest BCUT2D eigenvalue weighted by Gasteiger charge is -2.03. The lowest BCUT2D eigenvalue weighted by molar-refractivity contribution is 1.63. The topological polar surface area (TPSA) is 0 Å². The van der Waals surface area contributed by atoms with Gasteiger partial charge in [0.05, 0.1) is 0 Å². The summed E-state index contributed by atoms with van der Waals surface area (Å²) in [5, 5.41) is 2.55. The van der Waals surface area contributed by atoms with E-state index in [1.807, 2.05) is 13.0 Å². The van der Waals surface area contributed by atoms with Crippen LogP contribution in [0.5, 0.6) is 0 Å². The van der Waals surface area contributed by atoms with Crippen molar-refractivity contribution in [3.05, 3.63) is 66.8 Å². The fourth-order valence-corrected chi connectivity index (χ4v) is 1.77. The molecule has 0 aliphatic heterocycles. The van der Waals surface area contributed by atoms with E-state index in [1.54, 1.807) is 0 Å². The zero-order valence-electron chi connectivity index (χ0n) is 8.90. The number of allylic oxidation sites excluding steroid dienone is 3. The molecule has 74 valence electrons. The molecule has 0 nitrogen and oxygen atoms in total. The highest BCUT2D eigenvalue weighted by molar-refractivity contribution is 5.87. The summed E-state index contributed by atoms with van der Waals surface area (Å²) in [6.07, 6.45) is 3.97. The van der Waals surface area contributed by atoms with Crippen molar-refractivity contribution >= 4 is 16.3 Å². The maximum absolute atomic E-state index is 3.82. The van der Waals surface area contributed by atoms with E-state index in [2.05, 4.69) is 55.1 Å². The Bertz CT molecular complexity index is 518. The number of rotatable bonds is 2. The summed E-state index contributed by atoms with van der Waals surface area (Å²) in [6, 6.07) is 14.9. The van der Waals surface area contributed by atoms with Gasteiger partial charge in [-0.05, 0) is 34.9 Å². The quantitative estimate of drug-likeness (QED) is 0.620. The Morgan fingerprint density at radius 1 is 1.07 bits per heavy atom. The Kier molecular flexibility index (Phi) is 2.68. The van der Waals surface area contributed by atoms with Crippen molar-refractivity contribution in [2.75, 3.05) is 0 Å². The van der Waals surface area contributed by atoms with Crippen LogP contribution in [0.2, 0.25) is 0 Å². The molecule has 0 heteroatoms. The minimum absolute atomic E-state index is 1.18. The van der Waals surface area contributed by atoms with Crippen LogP contribution in [0.3, 0.4) is 0 Å². The van der Waals surface area contributed by atoms with Crippen LogP contribution < -0.4 is 0 Å². The molecule has 0 atom stereocenters. The molecule has 0 saturated carbocycles. The minimum atomic E-state index is 1.18. The van der Waals surface area contributed by atoms with E-state index in [0.29, 0.717) is 0 Å². The first-order valence-corrected chi connectivity index (χ1v) is 5.13. The second-order valence-electron chi connectivity index (χ2n) is 3.51. The SMILES string of the molecule is C=CC(=CC)c1ccc2ccccc2c1. The fraction of sp³-hybridized carbons (Fsp3) is 0.0667. The van der Waals surface area contributed by atoms with E-state index < -0.39 is 0 Å². The maximum atomic E-state index is 3.82. The smallest absolute Gasteiger partial charge is 0.0178 e. The molecule has 0 radical (unpaired) electrons. The standard InChI is InChI=1S/C15H14/c1-3-12(4-2)15-10-9-13-7-5-6-8-14(13)11-15/h3-11H,1H2,2H3. The van der Waals surface area contributed by atoms with Gasteiger partial charge in [-0.2, -0.15) is 0 Å². The van der Waals surface area contributed by atoms with Crippen LogP contribution >= 0.6 is 0 Å². The third-order valence-electron chi connectivity index (χ3n) is 2.61. The van der Waals surface area contributed by atoms with Crippen LogP contribution in [0.4, 0.5) is 0 Å². The molecule has 0 aromatic heterocycles. The zero-order valence-corrected chi connectivity index (χ0v) is 8.90. The molecule has 0 fully saturated rings. The van der Waals surface area contributed by atoms with Gasteiger partial charge in [0.25, 0.3) is 0 Å². The normalized spacial score (nSPS) is 11.7.